The fourth-order valence-corrected chi connectivity index (χ4v) is 2.11. The Morgan fingerprint density at radius 1 is 1.37 bits per heavy atom. The summed E-state index contributed by atoms with van der Waals surface area (Å²) in [6, 6.07) is 4.11. The van der Waals surface area contributed by atoms with Gasteiger partial charge >= 0.3 is 0 Å². The summed E-state index contributed by atoms with van der Waals surface area (Å²) in [6.45, 7) is 2.23. The van der Waals surface area contributed by atoms with E-state index >= 15 is 0 Å². The highest BCUT2D eigenvalue weighted by molar-refractivity contribution is 14.1. The molecular formula is C13H17FINO3. The minimum absolute atomic E-state index is 0.193. The van der Waals surface area contributed by atoms with Crippen LogP contribution in [0.3, 0.4) is 0 Å². The molecule has 0 radical (unpaired) electrons. The van der Waals surface area contributed by atoms with E-state index in [2.05, 4.69) is 5.32 Å². The fraction of sp³-hybridized carbons (Fsp3) is 0.462. The molecule has 1 N–H and O–H groups in total. The minimum atomic E-state index is -0.340. The van der Waals surface area contributed by atoms with Crippen molar-refractivity contribution in [3.05, 3.63) is 33.1 Å². The van der Waals surface area contributed by atoms with Crippen molar-refractivity contribution >= 4 is 28.5 Å². The summed E-state index contributed by atoms with van der Waals surface area (Å²) in [6.07, 6.45) is 0.729. The van der Waals surface area contributed by atoms with E-state index in [9.17, 15) is 9.18 Å². The van der Waals surface area contributed by atoms with Gasteiger partial charge in [-0.1, -0.05) is 0 Å². The molecule has 106 valence electrons. The number of carbonyl (C=O) groups excluding carboxylic acids is 1. The summed E-state index contributed by atoms with van der Waals surface area (Å²) in [7, 11) is 1.62. The summed E-state index contributed by atoms with van der Waals surface area (Å²) >= 11 is 1.95. The Morgan fingerprint density at radius 2 is 2.16 bits per heavy atom. The van der Waals surface area contributed by atoms with E-state index in [0.717, 1.165) is 6.42 Å². The van der Waals surface area contributed by atoms with Gasteiger partial charge in [0.15, 0.2) is 0 Å². The zero-order valence-electron chi connectivity index (χ0n) is 10.7. The molecule has 0 spiro atoms. The SMILES string of the molecule is COCCOCCCNC(=O)c1ccc(F)cc1I. The van der Waals surface area contributed by atoms with Gasteiger partial charge in [-0.05, 0) is 47.2 Å². The first-order valence-electron chi connectivity index (χ1n) is 5.95. The van der Waals surface area contributed by atoms with Crippen LogP contribution in [0.5, 0.6) is 0 Å². The largest absolute Gasteiger partial charge is 0.382 e. The van der Waals surface area contributed by atoms with Crippen molar-refractivity contribution in [3.63, 3.8) is 0 Å². The molecule has 0 aliphatic rings. The molecule has 4 nitrogen and oxygen atoms in total. The van der Waals surface area contributed by atoms with Gasteiger partial charge < -0.3 is 14.8 Å². The van der Waals surface area contributed by atoms with E-state index in [1.54, 1.807) is 7.11 Å². The summed E-state index contributed by atoms with van der Waals surface area (Å²) in [5.74, 6) is -0.534. The number of amides is 1. The molecular weight excluding hydrogens is 364 g/mol. The third kappa shape index (κ3) is 6.31. The molecule has 0 saturated heterocycles. The van der Waals surface area contributed by atoms with Gasteiger partial charge in [-0.15, -0.1) is 0 Å². The second-order valence-electron chi connectivity index (χ2n) is 3.84. The number of ether oxygens (including phenoxy) is 2. The summed E-state index contributed by atoms with van der Waals surface area (Å²) in [4.78, 5) is 11.8. The number of methoxy groups -OCH3 is 1. The topological polar surface area (TPSA) is 47.6 Å². The van der Waals surface area contributed by atoms with Crippen LogP contribution >= 0.6 is 22.6 Å². The molecule has 0 unspecified atom stereocenters. The third-order valence-electron chi connectivity index (χ3n) is 2.36. The van der Waals surface area contributed by atoms with Crippen molar-refractivity contribution in [1.82, 2.24) is 5.32 Å². The summed E-state index contributed by atoms with van der Waals surface area (Å²) < 4.78 is 23.6. The van der Waals surface area contributed by atoms with Crippen LogP contribution in [-0.2, 0) is 9.47 Å². The predicted molar refractivity (Wildman–Crippen MR) is 78.8 cm³/mol. The molecule has 0 aliphatic heterocycles. The molecule has 0 saturated carbocycles. The first-order valence-corrected chi connectivity index (χ1v) is 7.03. The quantitative estimate of drug-likeness (QED) is 0.555. The van der Waals surface area contributed by atoms with Crippen molar-refractivity contribution in [2.75, 3.05) is 33.5 Å². The number of benzene rings is 1. The van der Waals surface area contributed by atoms with Gasteiger partial charge in [0.25, 0.3) is 5.91 Å². The van der Waals surface area contributed by atoms with E-state index in [0.29, 0.717) is 35.5 Å². The lowest BCUT2D eigenvalue weighted by molar-refractivity contribution is 0.0688. The van der Waals surface area contributed by atoms with Crippen LogP contribution in [0.25, 0.3) is 0 Å². The van der Waals surface area contributed by atoms with Gasteiger partial charge in [-0.3, -0.25) is 4.79 Å². The highest BCUT2D eigenvalue weighted by Crippen LogP contribution is 2.13. The van der Waals surface area contributed by atoms with Gasteiger partial charge in [0.05, 0.1) is 18.8 Å². The molecule has 1 rings (SSSR count). The standard InChI is InChI=1S/C13H17FINO3/c1-18-7-8-19-6-2-5-16-13(17)11-4-3-10(14)9-12(11)15/h3-4,9H,2,5-8H2,1H3,(H,16,17). The molecule has 0 heterocycles. The van der Waals surface area contributed by atoms with Gasteiger partial charge in [0.2, 0.25) is 0 Å². The molecule has 1 aromatic carbocycles. The molecule has 0 bridgehead atoms. The zero-order valence-corrected chi connectivity index (χ0v) is 12.9. The number of halogens is 2. The first kappa shape index (κ1) is 16.3. The van der Waals surface area contributed by atoms with E-state index in [-0.39, 0.29) is 11.7 Å². The molecule has 6 heteroatoms. The number of nitrogens with one attached hydrogen (secondary N) is 1. The lowest BCUT2D eigenvalue weighted by atomic mass is 10.2. The molecule has 0 fully saturated rings. The van der Waals surface area contributed by atoms with Crippen LogP contribution in [0.2, 0.25) is 0 Å². The maximum atomic E-state index is 12.9. The third-order valence-corrected chi connectivity index (χ3v) is 3.25. The lowest BCUT2D eigenvalue weighted by Crippen LogP contribution is -2.26. The van der Waals surface area contributed by atoms with E-state index < -0.39 is 0 Å². The highest BCUT2D eigenvalue weighted by Gasteiger charge is 2.09. The minimum Gasteiger partial charge on any atom is -0.382 e. The van der Waals surface area contributed by atoms with Crippen LogP contribution in [-0.4, -0.2) is 39.4 Å². The number of rotatable bonds is 8. The van der Waals surface area contributed by atoms with Crippen LogP contribution in [0, 0.1) is 9.39 Å². The predicted octanol–water partition coefficient (Wildman–Crippen LogP) is 2.21. The van der Waals surface area contributed by atoms with Crippen molar-refractivity contribution in [2.45, 2.75) is 6.42 Å². The monoisotopic (exact) mass is 381 g/mol. The van der Waals surface area contributed by atoms with Crippen LogP contribution in [0.4, 0.5) is 4.39 Å². The Hall–Kier alpha value is -0.730. The Bertz CT molecular complexity index is 415. The Kier molecular flexibility index (Phi) is 7.92. The average Bonchev–Trinajstić information content (AvgIpc) is 2.37. The lowest BCUT2D eigenvalue weighted by Gasteiger charge is -2.07. The van der Waals surface area contributed by atoms with Crippen LogP contribution < -0.4 is 5.32 Å². The van der Waals surface area contributed by atoms with Crippen molar-refractivity contribution < 1.29 is 18.7 Å². The maximum Gasteiger partial charge on any atom is 0.252 e. The van der Waals surface area contributed by atoms with Gasteiger partial charge in [0, 0.05) is 23.8 Å². The van der Waals surface area contributed by atoms with E-state index in [1.807, 2.05) is 22.6 Å². The van der Waals surface area contributed by atoms with E-state index in [1.165, 1.54) is 18.2 Å². The summed E-state index contributed by atoms with van der Waals surface area (Å²) in [5, 5.41) is 2.77. The number of hydrogen-bond acceptors (Lipinski definition) is 3. The molecule has 1 aromatic rings. The molecule has 0 aromatic heterocycles. The first-order chi connectivity index (χ1) is 9.15. The normalized spacial score (nSPS) is 10.5. The molecule has 1 amide bonds. The average molecular weight is 381 g/mol. The number of hydrogen-bond donors (Lipinski definition) is 1. The molecule has 0 atom stereocenters. The van der Waals surface area contributed by atoms with Crippen molar-refractivity contribution in [3.8, 4) is 0 Å². The smallest absolute Gasteiger partial charge is 0.252 e. The summed E-state index contributed by atoms with van der Waals surface area (Å²) in [5.41, 5.74) is 0.488. The number of carbonyl (C=O) groups is 1. The second kappa shape index (κ2) is 9.22. The van der Waals surface area contributed by atoms with Crippen molar-refractivity contribution in [2.24, 2.45) is 0 Å². The Labute approximate surface area is 125 Å². The van der Waals surface area contributed by atoms with E-state index in [4.69, 9.17) is 9.47 Å². The second-order valence-corrected chi connectivity index (χ2v) is 5.00. The maximum absolute atomic E-state index is 12.9. The Morgan fingerprint density at radius 3 is 2.84 bits per heavy atom. The fourth-order valence-electron chi connectivity index (χ4n) is 1.39. The van der Waals surface area contributed by atoms with Gasteiger partial charge in [-0.2, -0.15) is 0 Å². The zero-order chi connectivity index (χ0) is 14.1. The van der Waals surface area contributed by atoms with Crippen LogP contribution in [0.15, 0.2) is 18.2 Å². The molecule has 19 heavy (non-hydrogen) atoms. The highest BCUT2D eigenvalue weighted by atomic mass is 127. The Balaban J connectivity index is 2.24. The molecule has 0 aliphatic carbocycles. The van der Waals surface area contributed by atoms with Crippen LogP contribution in [0.1, 0.15) is 16.8 Å². The van der Waals surface area contributed by atoms with Crippen molar-refractivity contribution in [1.29, 1.82) is 0 Å². The van der Waals surface area contributed by atoms with Gasteiger partial charge in [0.1, 0.15) is 5.82 Å². The van der Waals surface area contributed by atoms with Gasteiger partial charge in [-0.25, -0.2) is 4.39 Å².